The number of para-hydroxylation sites is 1. The summed E-state index contributed by atoms with van der Waals surface area (Å²) in [7, 11) is 0. The van der Waals surface area contributed by atoms with Gasteiger partial charge >= 0.3 is 5.97 Å². The van der Waals surface area contributed by atoms with Crippen molar-refractivity contribution in [2.45, 2.75) is 13.0 Å². The molecule has 0 saturated heterocycles. The fourth-order valence-electron chi connectivity index (χ4n) is 1.95. The minimum absolute atomic E-state index is 0.164. The maximum Gasteiger partial charge on any atom is 0.328 e. The molecule has 0 radical (unpaired) electrons. The number of nitrogens with one attached hydrogen (secondary N) is 1. The summed E-state index contributed by atoms with van der Waals surface area (Å²) in [5.74, 6) is -1.19. The Bertz CT molecular complexity index is 659. The minimum Gasteiger partial charge on any atom is -0.478 e. The van der Waals surface area contributed by atoms with Crippen molar-refractivity contribution in [3.63, 3.8) is 0 Å². The Morgan fingerprint density at radius 3 is 2.57 bits per heavy atom. The Balaban J connectivity index is 2.13. The number of hydrogen-bond acceptors (Lipinski definition) is 2. The van der Waals surface area contributed by atoms with E-state index in [0.29, 0.717) is 5.69 Å². The summed E-state index contributed by atoms with van der Waals surface area (Å²) in [4.78, 5) is 22.8. The molecular weight excluding hydrogens is 268 g/mol. The molecule has 2 rings (SSSR count). The van der Waals surface area contributed by atoms with E-state index in [-0.39, 0.29) is 5.91 Å². The second kappa shape index (κ2) is 6.56. The van der Waals surface area contributed by atoms with Gasteiger partial charge in [0.1, 0.15) is 6.04 Å². The molecule has 0 saturated carbocycles. The summed E-state index contributed by atoms with van der Waals surface area (Å²) in [6.07, 6.45) is 4.26. The van der Waals surface area contributed by atoms with E-state index in [0.717, 1.165) is 11.8 Å². The number of benzene rings is 1. The number of carbonyl (C=O) groups is 2. The van der Waals surface area contributed by atoms with E-state index in [1.54, 1.807) is 29.8 Å². The van der Waals surface area contributed by atoms with Gasteiger partial charge in [-0.2, -0.15) is 0 Å². The molecule has 1 aromatic heterocycles. The van der Waals surface area contributed by atoms with Crippen LogP contribution in [0, 0.1) is 0 Å². The van der Waals surface area contributed by atoms with Gasteiger partial charge in [-0.05, 0) is 37.3 Å². The summed E-state index contributed by atoms with van der Waals surface area (Å²) in [6.45, 7) is 1.76. The van der Waals surface area contributed by atoms with Gasteiger partial charge in [-0.1, -0.05) is 18.2 Å². The summed E-state index contributed by atoms with van der Waals surface area (Å²) in [5.41, 5.74) is 1.39. The number of aromatic nitrogens is 1. The van der Waals surface area contributed by atoms with E-state index in [2.05, 4.69) is 5.32 Å². The molecule has 1 amide bonds. The molecule has 5 heteroatoms. The average molecular weight is 284 g/mol. The van der Waals surface area contributed by atoms with Crippen LogP contribution < -0.4 is 5.32 Å². The number of amides is 1. The van der Waals surface area contributed by atoms with Crippen molar-refractivity contribution in [3.8, 4) is 0 Å². The van der Waals surface area contributed by atoms with Crippen molar-refractivity contribution in [1.29, 1.82) is 0 Å². The van der Waals surface area contributed by atoms with Gasteiger partial charge in [0, 0.05) is 23.7 Å². The standard InChI is InChI=1S/C16H16N2O3/c1-12(16(21)17-13-6-3-2-4-7-13)18-11-5-8-14(18)9-10-15(19)20/h2-12H,1H3,(H,17,21)(H,19,20)/b10-9+. The third-order valence-corrected chi connectivity index (χ3v) is 3.05. The SMILES string of the molecule is CC(C(=O)Nc1ccccc1)n1cccc1/C=C/C(=O)O. The third kappa shape index (κ3) is 3.82. The predicted molar refractivity (Wildman–Crippen MR) is 80.9 cm³/mol. The van der Waals surface area contributed by atoms with E-state index < -0.39 is 12.0 Å². The van der Waals surface area contributed by atoms with E-state index in [1.807, 2.05) is 30.3 Å². The summed E-state index contributed by atoms with van der Waals surface area (Å²) >= 11 is 0. The lowest BCUT2D eigenvalue weighted by atomic mass is 10.2. The van der Waals surface area contributed by atoms with E-state index in [1.165, 1.54) is 6.08 Å². The third-order valence-electron chi connectivity index (χ3n) is 3.05. The van der Waals surface area contributed by atoms with Crippen molar-refractivity contribution < 1.29 is 14.7 Å². The maximum atomic E-state index is 12.2. The number of aliphatic carboxylic acids is 1. The molecule has 0 aliphatic heterocycles. The number of anilines is 1. The van der Waals surface area contributed by atoms with Gasteiger partial charge in [0.05, 0.1) is 0 Å². The lowest BCUT2D eigenvalue weighted by molar-refractivity contribution is -0.131. The first kappa shape index (κ1) is 14.6. The van der Waals surface area contributed by atoms with Crippen molar-refractivity contribution in [2.75, 3.05) is 5.32 Å². The van der Waals surface area contributed by atoms with Crippen molar-refractivity contribution in [1.82, 2.24) is 4.57 Å². The van der Waals surface area contributed by atoms with Crippen LogP contribution in [-0.2, 0) is 9.59 Å². The second-order valence-corrected chi connectivity index (χ2v) is 4.54. The average Bonchev–Trinajstić information content (AvgIpc) is 2.93. The topological polar surface area (TPSA) is 71.3 Å². The van der Waals surface area contributed by atoms with Crippen LogP contribution in [0.15, 0.2) is 54.7 Å². The molecule has 0 aliphatic carbocycles. The predicted octanol–water partition coefficient (Wildman–Crippen LogP) is 2.79. The second-order valence-electron chi connectivity index (χ2n) is 4.54. The molecule has 1 aromatic carbocycles. The van der Waals surface area contributed by atoms with Gasteiger partial charge in [-0.25, -0.2) is 4.79 Å². The lowest BCUT2D eigenvalue weighted by Gasteiger charge is -2.16. The number of hydrogen-bond donors (Lipinski definition) is 2. The van der Waals surface area contributed by atoms with E-state index in [9.17, 15) is 9.59 Å². The lowest BCUT2D eigenvalue weighted by Crippen LogP contribution is -2.23. The number of carbonyl (C=O) groups excluding carboxylic acids is 1. The molecular formula is C16H16N2O3. The van der Waals surface area contributed by atoms with Crippen molar-refractivity contribution in [2.24, 2.45) is 0 Å². The molecule has 21 heavy (non-hydrogen) atoms. The summed E-state index contributed by atoms with van der Waals surface area (Å²) < 4.78 is 1.72. The number of carboxylic acids is 1. The van der Waals surface area contributed by atoms with Gasteiger partial charge in [-0.3, -0.25) is 4.79 Å². The van der Waals surface area contributed by atoms with Crippen LogP contribution in [0.25, 0.3) is 6.08 Å². The Morgan fingerprint density at radius 1 is 1.19 bits per heavy atom. The van der Waals surface area contributed by atoms with Crippen molar-refractivity contribution >= 4 is 23.6 Å². The largest absolute Gasteiger partial charge is 0.478 e. The Kier molecular flexibility index (Phi) is 4.56. The molecule has 1 atom stereocenters. The molecule has 0 bridgehead atoms. The molecule has 108 valence electrons. The van der Waals surface area contributed by atoms with Gasteiger partial charge in [0.15, 0.2) is 0 Å². The van der Waals surface area contributed by atoms with Crippen LogP contribution in [0.2, 0.25) is 0 Å². The fourth-order valence-corrected chi connectivity index (χ4v) is 1.95. The number of carboxylic acid groups (broad SMARTS) is 1. The highest BCUT2D eigenvalue weighted by molar-refractivity contribution is 5.93. The van der Waals surface area contributed by atoms with Gasteiger partial charge < -0.3 is 15.0 Å². The molecule has 0 fully saturated rings. The number of nitrogens with zero attached hydrogens (tertiary/aromatic N) is 1. The maximum absolute atomic E-state index is 12.2. The van der Waals surface area contributed by atoms with Gasteiger partial charge in [-0.15, -0.1) is 0 Å². The highest BCUT2D eigenvalue weighted by Gasteiger charge is 2.16. The normalized spacial score (nSPS) is 12.2. The summed E-state index contributed by atoms with van der Waals surface area (Å²) in [5, 5.41) is 11.5. The van der Waals surface area contributed by atoms with Crippen LogP contribution in [-0.4, -0.2) is 21.6 Å². The highest BCUT2D eigenvalue weighted by atomic mass is 16.4. The quantitative estimate of drug-likeness (QED) is 0.829. The van der Waals surface area contributed by atoms with Crippen LogP contribution >= 0.6 is 0 Å². The Labute approximate surface area is 122 Å². The molecule has 5 nitrogen and oxygen atoms in total. The van der Waals surface area contributed by atoms with E-state index in [4.69, 9.17) is 5.11 Å². The number of rotatable bonds is 5. The van der Waals surface area contributed by atoms with E-state index >= 15 is 0 Å². The molecule has 2 N–H and O–H groups in total. The van der Waals surface area contributed by atoms with Gasteiger partial charge in [0.25, 0.3) is 0 Å². The van der Waals surface area contributed by atoms with Crippen LogP contribution in [0.3, 0.4) is 0 Å². The van der Waals surface area contributed by atoms with Crippen LogP contribution in [0.5, 0.6) is 0 Å². The molecule has 1 heterocycles. The first-order valence-electron chi connectivity index (χ1n) is 6.51. The smallest absolute Gasteiger partial charge is 0.328 e. The summed E-state index contributed by atoms with van der Waals surface area (Å²) in [6, 6.07) is 12.3. The van der Waals surface area contributed by atoms with Crippen LogP contribution in [0.1, 0.15) is 18.7 Å². The zero-order chi connectivity index (χ0) is 15.2. The molecule has 0 spiro atoms. The Morgan fingerprint density at radius 2 is 1.90 bits per heavy atom. The Hall–Kier alpha value is -2.82. The van der Waals surface area contributed by atoms with Crippen LogP contribution in [0.4, 0.5) is 5.69 Å². The monoisotopic (exact) mass is 284 g/mol. The first-order chi connectivity index (χ1) is 10.1. The first-order valence-corrected chi connectivity index (χ1v) is 6.51. The minimum atomic E-state index is -1.02. The van der Waals surface area contributed by atoms with Crippen molar-refractivity contribution in [3.05, 3.63) is 60.4 Å². The highest BCUT2D eigenvalue weighted by Crippen LogP contribution is 2.16. The fraction of sp³-hybridized carbons (Fsp3) is 0.125. The zero-order valence-corrected chi connectivity index (χ0v) is 11.6. The molecule has 2 aromatic rings. The molecule has 0 aliphatic rings. The van der Waals surface area contributed by atoms with Gasteiger partial charge in [0.2, 0.25) is 5.91 Å². The zero-order valence-electron chi connectivity index (χ0n) is 11.6. The molecule has 1 unspecified atom stereocenters.